The average Bonchev–Trinajstić information content (AvgIpc) is 2.28. The minimum absolute atomic E-state index is 0.179. The topological polar surface area (TPSA) is 72.5 Å². The molecule has 5 nitrogen and oxygen atoms in total. The van der Waals surface area contributed by atoms with Crippen molar-refractivity contribution in [1.29, 1.82) is 0 Å². The lowest BCUT2D eigenvalue weighted by Crippen LogP contribution is -2.38. The number of Topliss-reactive ketones (excluding diaryl/α,β-unsaturated/α-hetero) is 1. The first-order valence-corrected chi connectivity index (χ1v) is 6.08. The molecule has 18 heavy (non-hydrogen) atoms. The van der Waals surface area contributed by atoms with Crippen molar-refractivity contribution < 1.29 is 19.1 Å². The quantitative estimate of drug-likeness (QED) is 0.310. The van der Waals surface area contributed by atoms with Crippen LogP contribution in [0.15, 0.2) is 12.2 Å². The SMILES string of the molecule is C=C(C)C(=O)NC(CCC)OC(=O)CC(=O)CC. The zero-order valence-electron chi connectivity index (χ0n) is 11.2. The highest BCUT2D eigenvalue weighted by Gasteiger charge is 2.18. The maximum Gasteiger partial charge on any atom is 0.315 e. The molecule has 0 fully saturated rings. The summed E-state index contributed by atoms with van der Waals surface area (Å²) in [4.78, 5) is 33.9. The molecule has 0 aromatic rings. The molecule has 0 radical (unpaired) electrons. The van der Waals surface area contributed by atoms with Crippen molar-refractivity contribution >= 4 is 17.7 Å². The monoisotopic (exact) mass is 255 g/mol. The lowest BCUT2D eigenvalue weighted by atomic mass is 10.2. The van der Waals surface area contributed by atoms with Crippen LogP contribution in [0.1, 0.15) is 46.5 Å². The smallest absolute Gasteiger partial charge is 0.315 e. The standard InChI is InChI=1S/C13H21NO4/c1-5-7-11(14-13(17)9(3)4)18-12(16)8-10(15)6-2/h11H,3,5-8H2,1-2,4H3,(H,14,17). The maximum absolute atomic E-state index is 11.4. The van der Waals surface area contributed by atoms with Gasteiger partial charge in [-0.25, -0.2) is 0 Å². The van der Waals surface area contributed by atoms with Gasteiger partial charge in [-0.3, -0.25) is 14.4 Å². The number of hydrogen-bond donors (Lipinski definition) is 1. The van der Waals surface area contributed by atoms with Crippen molar-refractivity contribution in [3.05, 3.63) is 12.2 Å². The van der Waals surface area contributed by atoms with E-state index in [4.69, 9.17) is 4.74 Å². The molecule has 1 N–H and O–H groups in total. The fraction of sp³-hybridized carbons (Fsp3) is 0.615. The molecule has 0 saturated carbocycles. The molecular weight excluding hydrogens is 234 g/mol. The fourth-order valence-electron chi connectivity index (χ4n) is 1.18. The third-order valence-electron chi connectivity index (χ3n) is 2.24. The molecule has 0 spiro atoms. The second kappa shape index (κ2) is 8.44. The number of esters is 1. The van der Waals surface area contributed by atoms with Crippen LogP contribution in [0.4, 0.5) is 0 Å². The summed E-state index contributed by atoms with van der Waals surface area (Å²) >= 11 is 0. The fourth-order valence-corrected chi connectivity index (χ4v) is 1.18. The van der Waals surface area contributed by atoms with Gasteiger partial charge in [0, 0.05) is 18.4 Å². The predicted octanol–water partition coefficient (Wildman–Crippen LogP) is 1.72. The summed E-state index contributed by atoms with van der Waals surface area (Å²) in [5.41, 5.74) is 0.344. The van der Waals surface area contributed by atoms with Gasteiger partial charge in [-0.1, -0.05) is 26.8 Å². The maximum atomic E-state index is 11.4. The van der Waals surface area contributed by atoms with E-state index in [-0.39, 0.29) is 18.1 Å². The van der Waals surface area contributed by atoms with Crippen LogP contribution >= 0.6 is 0 Å². The molecule has 5 heteroatoms. The first-order chi connectivity index (χ1) is 8.40. The third-order valence-corrected chi connectivity index (χ3v) is 2.24. The first kappa shape index (κ1) is 16.4. The normalized spacial score (nSPS) is 11.5. The summed E-state index contributed by atoms with van der Waals surface area (Å²) < 4.78 is 5.05. The molecule has 102 valence electrons. The molecule has 0 heterocycles. The van der Waals surface area contributed by atoms with Crippen LogP contribution in [0.5, 0.6) is 0 Å². The second-order valence-electron chi connectivity index (χ2n) is 4.09. The Kier molecular flexibility index (Phi) is 7.67. The molecule has 0 aliphatic rings. The van der Waals surface area contributed by atoms with Gasteiger partial charge < -0.3 is 10.1 Å². The number of carbonyl (C=O) groups excluding carboxylic acids is 3. The van der Waals surface area contributed by atoms with Gasteiger partial charge in [-0.2, -0.15) is 0 Å². The van der Waals surface area contributed by atoms with Gasteiger partial charge in [-0.05, 0) is 6.92 Å². The third kappa shape index (κ3) is 6.83. The van der Waals surface area contributed by atoms with Gasteiger partial charge in [0.15, 0.2) is 6.23 Å². The summed E-state index contributed by atoms with van der Waals surface area (Å²) in [6.45, 7) is 8.66. The Balaban J connectivity index is 4.34. The Morgan fingerprint density at radius 2 is 1.89 bits per heavy atom. The minimum atomic E-state index is -0.698. The van der Waals surface area contributed by atoms with Crippen LogP contribution in [-0.2, 0) is 19.1 Å². The molecule has 0 aromatic carbocycles. The highest BCUT2D eigenvalue weighted by Crippen LogP contribution is 2.03. The van der Waals surface area contributed by atoms with E-state index in [1.54, 1.807) is 13.8 Å². The van der Waals surface area contributed by atoms with E-state index in [0.717, 1.165) is 6.42 Å². The van der Waals surface area contributed by atoms with Crippen LogP contribution in [0.2, 0.25) is 0 Å². The van der Waals surface area contributed by atoms with Gasteiger partial charge in [0.25, 0.3) is 0 Å². The van der Waals surface area contributed by atoms with Crippen molar-refractivity contribution in [2.24, 2.45) is 0 Å². The second-order valence-corrected chi connectivity index (χ2v) is 4.09. The zero-order valence-corrected chi connectivity index (χ0v) is 11.2. The van der Waals surface area contributed by atoms with E-state index >= 15 is 0 Å². The molecule has 1 unspecified atom stereocenters. The van der Waals surface area contributed by atoms with E-state index in [9.17, 15) is 14.4 Å². The van der Waals surface area contributed by atoms with Gasteiger partial charge in [0.05, 0.1) is 0 Å². The van der Waals surface area contributed by atoms with Gasteiger partial charge in [-0.15, -0.1) is 0 Å². The van der Waals surface area contributed by atoms with Crippen molar-refractivity contribution in [2.45, 2.75) is 52.7 Å². The molecule has 1 amide bonds. The molecule has 0 saturated heterocycles. The van der Waals surface area contributed by atoms with Crippen molar-refractivity contribution in [2.75, 3.05) is 0 Å². The molecule has 0 bridgehead atoms. The minimum Gasteiger partial charge on any atom is -0.441 e. The highest BCUT2D eigenvalue weighted by atomic mass is 16.6. The first-order valence-electron chi connectivity index (χ1n) is 6.08. The highest BCUT2D eigenvalue weighted by molar-refractivity contribution is 5.95. The van der Waals surface area contributed by atoms with Crippen molar-refractivity contribution in [1.82, 2.24) is 5.32 Å². The van der Waals surface area contributed by atoms with Crippen LogP contribution in [-0.4, -0.2) is 23.9 Å². The summed E-state index contributed by atoms with van der Waals surface area (Å²) in [7, 11) is 0. The summed E-state index contributed by atoms with van der Waals surface area (Å²) in [6, 6.07) is 0. The van der Waals surface area contributed by atoms with Crippen molar-refractivity contribution in [3.63, 3.8) is 0 Å². The Labute approximate surface area is 108 Å². The Hall–Kier alpha value is -1.65. The summed E-state index contributed by atoms with van der Waals surface area (Å²) in [5, 5.41) is 2.55. The lowest BCUT2D eigenvalue weighted by Gasteiger charge is -2.18. The number of ether oxygens (including phenoxy) is 1. The zero-order chi connectivity index (χ0) is 14.1. The number of nitrogens with one attached hydrogen (secondary N) is 1. The van der Waals surface area contributed by atoms with Gasteiger partial charge in [0.2, 0.25) is 5.91 Å². The van der Waals surface area contributed by atoms with Crippen LogP contribution < -0.4 is 5.32 Å². The number of hydrogen-bond acceptors (Lipinski definition) is 4. The summed E-state index contributed by atoms with van der Waals surface area (Å²) in [5.74, 6) is -1.15. The van der Waals surface area contributed by atoms with Crippen LogP contribution in [0, 0.1) is 0 Å². The van der Waals surface area contributed by atoms with E-state index < -0.39 is 12.2 Å². The van der Waals surface area contributed by atoms with Crippen LogP contribution in [0.25, 0.3) is 0 Å². The number of carbonyl (C=O) groups is 3. The summed E-state index contributed by atoms with van der Waals surface area (Å²) in [6.07, 6.45) is 0.600. The molecule has 1 atom stereocenters. The Bertz CT molecular complexity index is 336. The van der Waals surface area contributed by atoms with E-state index in [0.29, 0.717) is 18.4 Å². The van der Waals surface area contributed by atoms with Crippen molar-refractivity contribution in [3.8, 4) is 0 Å². The Morgan fingerprint density at radius 3 is 2.33 bits per heavy atom. The van der Waals surface area contributed by atoms with E-state index in [1.165, 1.54) is 0 Å². The average molecular weight is 255 g/mol. The predicted molar refractivity (Wildman–Crippen MR) is 67.7 cm³/mol. The van der Waals surface area contributed by atoms with Gasteiger partial charge in [0.1, 0.15) is 12.2 Å². The van der Waals surface area contributed by atoms with E-state index in [2.05, 4.69) is 11.9 Å². The molecule has 0 aliphatic heterocycles. The molecule has 0 aliphatic carbocycles. The van der Waals surface area contributed by atoms with Gasteiger partial charge >= 0.3 is 5.97 Å². The number of amides is 1. The lowest BCUT2D eigenvalue weighted by molar-refractivity contribution is -0.153. The largest absolute Gasteiger partial charge is 0.441 e. The number of rotatable bonds is 8. The molecule has 0 rings (SSSR count). The molecule has 0 aromatic heterocycles. The molecular formula is C13H21NO4. The van der Waals surface area contributed by atoms with Crippen LogP contribution in [0.3, 0.4) is 0 Å². The van der Waals surface area contributed by atoms with E-state index in [1.807, 2.05) is 6.92 Å². The Morgan fingerprint density at radius 1 is 1.28 bits per heavy atom. The number of ketones is 1.